The van der Waals surface area contributed by atoms with E-state index in [4.69, 9.17) is 10.2 Å². The lowest BCUT2D eigenvalue weighted by molar-refractivity contribution is -0.218. The van der Waals surface area contributed by atoms with Crippen molar-refractivity contribution >= 4 is 0 Å². The zero-order valence-corrected chi connectivity index (χ0v) is 18.1. The quantitative estimate of drug-likeness (QED) is 0.505. The van der Waals surface area contributed by atoms with Crippen LogP contribution >= 0.6 is 0 Å². The van der Waals surface area contributed by atoms with E-state index in [1.54, 1.807) is 0 Å². The van der Waals surface area contributed by atoms with Crippen LogP contribution in [-0.4, -0.2) is 78.1 Å². The van der Waals surface area contributed by atoms with Crippen LogP contribution in [0, 0.1) is 11.8 Å². The van der Waals surface area contributed by atoms with Gasteiger partial charge in [0.1, 0.15) is 0 Å². The van der Waals surface area contributed by atoms with Crippen molar-refractivity contribution in [1.29, 1.82) is 0 Å². The van der Waals surface area contributed by atoms with Crippen molar-refractivity contribution in [2.24, 2.45) is 11.8 Å². The highest BCUT2D eigenvalue weighted by Gasteiger charge is 2.46. The fourth-order valence-corrected chi connectivity index (χ4v) is 3.85. The van der Waals surface area contributed by atoms with Crippen LogP contribution in [0.1, 0.15) is 31.4 Å². The number of hydrogen-bond acceptors (Lipinski definition) is 5. The number of benzene rings is 1. The van der Waals surface area contributed by atoms with Gasteiger partial charge in [0.2, 0.25) is 0 Å². The molecule has 4 N–H and O–H groups in total. The van der Waals surface area contributed by atoms with Gasteiger partial charge in [-0.3, -0.25) is 4.90 Å². The number of alkyl halides is 6. The second kappa shape index (κ2) is 12.7. The first-order valence-corrected chi connectivity index (χ1v) is 10.3. The third-order valence-corrected chi connectivity index (χ3v) is 5.75. The molecule has 2 fully saturated rings. The number of nitrogens with one attached hydrogen (secondary N) is 1. The Morgan fingerprint density at radius 3 is 1.91 bits per heavy atom. The molecule has 0 radical (unpaired) electrons. The Hall–Kier alpha value is -1.40. The summed E-state index contributed by atoms with van der Waals surface area (Å²) in [7, 11) is 1.00. The summed E-state index contributed by atoms with van der Waals surface area (Å²) in [5, 5.41) is 27.8. The molecule has 0 bridgehead atoms. The molecule has 0 amide bonds. The van der Waals surface area contributed by atoms with Crippen molar-refractivity contribution < 1.29 is 41.7 Å². The Bertz CT molecular complexity index is 639. The van der Waals surface area contributed by atoms with Gasteiger partial charge in [-0.05, 0) is 38.4 Å². The molecule has 32 heavy (non-hydrogen) atoms. The summed E-state index contributed by atoms with van der Waals surface area (Å²) in [5.74, 6) is -1.37. The second-order valence-electron chi connectivity index (χ2n) is 7.86. The zero-order chi connectivity index (χ0) is 24.5. The molecule has 2 aliphatic heterocycles. The second-order valence-corrected chi connectivity index (χ2v) is 7.86. The minimum atomic E-state index is -4.52. The van der Waals surface area contributed by atoms with Gasteiger partial charge in [-0.2, -0.15) is 26.3 Å². The van der Waals surface area contributed by atoms with Crippen LogP contribution in [0.25, 0.3) is 0 Å². The summed E-state index contributed by atoms with van der Waals surface area (Å²) in [5.41, 5.74) is 1.09. The lowest BCUT2D eigenvalue weighted by atomic mass is 10.0. The van der Waals surface area contributed by atoms with Crippen LogP contribution in [0.3, 0.4) is 0 Å². The molecular formula is C21H32F6N2O3. The van der Waals surface area contributed by atoms with Crippen LogP contribution in [0.15, 0.2) is 30.3 Å². The van der Waals surface area contributed by atoms with Gasteiger partial charge in [0.25, 0.3) is 0 Å². The minimum Gasteiger partial charge on any atom is -0.400 e. The van der Waals surface area contributed by atoms with Gasteiger partial charge < -0.3 is 20.6 Å². The molecule has 1 aromatic carbocycles. The van der Waals surface area contributed by atoms with Crippen molar-refractivity contribution in [2.45, 2.75) is 50.4 Å². The predicted molar refractivity (Wildman–Crippen MR) is 108 cm³/mol. The average Bonchev–Trinajstić information content (AvgIpc) is 3.46. The summed E-state index contributed by atoms with van der Waals surface area (Å²) >= 11 is 0. The number of hydrogen-bond donors (Lipinski definition) is 4. The first-order chi connectivity index (χ1) is 14.9. The monoisotopic (exact) mass is 474 g/mol. The van der Waals surface area contributed by atoms with Gasteiger partial charge in [-0.15, -0.1) is 0 Å². The summed E-state index contributed by atoms with van der Waals surface area (Å²) in [6.07, 6.45) is -12.6. The average molecular weight is 474 g/mol. The van der Waals surface area contributed by atoms with Gasteiger partial charge in [-0.25, -0.2) is 0 Å². The lowest BCUT2D eigenvalue weighted by Gasteiger charge is -2.26. The Labute approximate surface area is 184 Å². The Balaban J connectivity index is 0.000000335. The number of aliphatic hydroxyl groups excluding tert-OH is 3. The van der Waals surface area contributed by atoms with Crippen LogP contribution in [0.4, 0.5) is 26.3 Å². The van der Waals surface area contributed by atoms with Gasteiger partial charge in [-0.1, -0.05) is 30.3 Å². The third kappa shape index (κ3) is 8.51. The molecule has 1 aromatic rings. The summed E-state index contributed by atoms with van der Waals surface area (Å²) in [6.45, 7) is 3.70. The highest BCUT2D eigenvalue weighted by Crippen LogP contribution is 2.34. The molecule has 5 nitrogen and oxygen atoms in total. The highest BCUT2D eigenvalue weighted by atomic mass is 19.4. The van der Waals surface area contributed by atoms with Crippen molar-refractivity contribution in [3.8, 4) is 0 Å². The number of nitrogens with zero attached hydrogens (tertiary/aromatic N) is 1. The van der Waals surface area contributed by atoms with Crippen LogP contribution < -0.4 is 5.32 Å². The van der Waals surface area contributed by atoms with Crippen molar-refractivity contribution in [3.63, 3.8) is 0 Å². The lowest BCUT2D eigenvalue weighted by Crippen LogP contribution is -2.37. The maximum atomic E-state index is 12.5. The topological polar surface area (TPSA) is 76.0 Å². The molecule has 0 aliphatic carbocycles. The standard InChI is InChI=1S/C14H18F3NO.C6H10F3NO.CH4O/c1-10(11-5-3-2-4-6-11)18-8-7-12(9-18)13(19)14(15,16)17;7-6(8,9)5(11)4-1-2-10-3-4;1-2/h2-6,10,12-13,19H,7-9H2,1H3;4-5,10-11H,1-3H2;2H,1H3/t10-,12-,13+;4-,5+;/m11./s1. The molecule has 0 aromatic heterocycles. The fraction of sp³-hybridized carbons (Fsp3) is 0.714. The van der Waals surface area contributed by atoms with E-state index in [0.717, 1.165) is 12.7 Å². The predicted octanol–water partition coefficient (Wildman–Crippen LogP) is 3.12. The maximum absolute atomic E-state index is 12.5. The third-order valence-electron chi connectivity index (χ3n) is 5.75. The fourth-order valence-electron chi connectivity index (χ4n) is 3.85. The molecule has 186 valence electrons. The molecule has 3 rings (SSSR count). The Kier molecular flexibility index (Phi) is 11.4. The van der Waals surface area contributed by atoms with Gasteiger partial charge in [0, 0.05) is 38.1 Å². The highest BCUT2D eigenvalue weighted by molar-refractivity contribution is 5.18. The smallest absolute Gasteiger partial charge is 0.400 e. The minimum absolute atomic E-state index is 0.0756. The van der Waals surface area contributed by atoms with E-state index in [1.165, 1.54) is 0 Å². The molecule has 2 saturated heterocycles. The number of rotatable bonds is 4. The molecule has 11 heteroatoms. The van der Waals surface area contributed by atoms with Crippen molar-refractivity contribution in [3.05, 3.63) is 35.9 Å². The SMILES string of the molecule is CO.C[C@H](c1ccccc1)N1CC[C@@H]([C@H](O)C(F)(F)F)C1.O[C@@H]([C@@H]1CCNC1)C(F)(F)F. The molecule has 2 aliphatic rings. The first-order valence-electron chi connectivity index (χ1n) is 10.3. The normalized spacial score (nSPS) is 24.6. The van der Waals surface area contributed by atoms with E-state index < -0.39 is 36.4 Å². The first kappa shape index (κ1) is 28.6. The van der Waals surface area contributed by atoms with Crippen molar-refractivity contribution in [2.75, 3.05) is 33.3 Å². The molecular weight excluding hydrogens is 442 g/mol. The number of likely N-dealkylation sites (tertiary alicyclic amines) is 1. The Morgan fingerprint density at radius 1 is 0.906 bits per heavy atom. The van der Waals surface area contributed by atoms with Crippen LogP contribution in [0.5, 0.6) is 0 Å². The van der Waals surface area contributed by atoms with E-state index >= 15 is 0 Å². The Morgan fingerprint density at radius 2 is 1.44 bits per heavy atom. The van der Waals surface area contributed by atoms with Gasteiger partial charge in [0.05, 0.1) is 0 Å². The number of halogens is 6. The zero-order valence-electron chi connectivity index (χ0n) is 18.1. The maximum Gasteiger partial charge on any atom is 0.414 e. The summed E-state index contributed by atoms with van der Waals surface area (Å²) in [6, 6.07) is 9.77. The van der Waals surface area contributed by atoms with Gasteiger partial charge in [0.15, 0.2) is 12.2 Å². The molecule has 2 heterocycles. The van der Waals surface area contributed by atoms with E-state index in [-0.39, 0.29) is 19.1 Å². The molecule has 0 spiro atoms. The summed E-state index contributed by atoms with van der Waals surface area (Å²) in [4.78, 5) is 2.00. The van der Waals surface area contributed by atoms with E-state index in [0.29, 0.717) is 25.9 Å². The van der Waals surface area contributed by atoms with E-state index in [2.05, 4.69) is 5.32 Å². The van der Waals surface area contributed by atoms with Crippen LogP contribution in [0.2, 0.25) is 0 Å². The van der Waals surface area contributed by atoms with E-state index in [1.807, 2.05) is 42.2 Å². The number of aliphatic hydroxyl groups is 3. The largest absolute Gasteiger partial charge is 0.414 e. The summed E-state index contributed by atoms with van der Waals surface area (Å²) < 4.78 is 72.9. The van der Waals surface area contributed by atoms with Crippen LogP contribution in [-0.2, 0) is 0 Å². The molecule has 0 unspecified atom stereocenters. The van der Waals surface area contributed by atoms with Gasteiger partial charge >= 0.3 is 12.4 Å². The van der Waals surface area contributed by atoms with Crippen molar-refractivity contribution in [1.82, 2.24) is 10.2 Å². The molecule has 5 atom stereocenters. The molecule has 0 saturated carbocycles. The van der Waals surface area contributed by atoms with E-state index in [9.17, 15) is 31.4 Å².